The van der Waals surface area contributed by atoms with Crippen molar-refractivity contribution in [2.75, 3.05) is 24.3 Å². The molecule has 1 aromatic rings. The van der Waals surface area contributed by atoms with E-state index in [9.17, 15) is 0 Å². The summed E-state index contributed by atoms with van der Waals surface area (Å²) in [7, 11) is 0. The predicted molar refractivity (Wildman–Crippen MR) is 61.6 cm³/mol. The van der Waals surface area contributed by atoms with Crippen molar-refractivity contribution < 1.29 is 4.74 Å². The maximum atomic E-state index is 5.69. The Hall–Kier alpha value is -1.03. The highest BCUT2D eigenvalue weighted by Gasteiger charge is 2.02. The number of hydrogen-bond acceptors (Lipinski definition) is 4. The SMILES string of the molecule is CCOc1ccnc(NCC(C)CCl)n1. The lowest BCUT2D eigenvalue weighted by Crippen LogP contribution is -2.14. The van der Waals surface area contributed by atoms with Crippen LogP contribution in [-0.2, 0) is 0 Å². The Balaban J connectivity index is 2.50. The van der Waals surface area contributed by atoms with Crippen LogP contribution in [0.15, 0.2) is 12.3 Å². The zero-order valence-electron chi connectivity index (χ0n) is 9.03. The van der Waals surface area contributed by atoms with E-state index in [0.29, 0.717) is 30.2 Å². The molecule has 1 aromatic heterocycles. The van der Waals surface area contributed by atoms with Crippen molar-refractivity contribution in [3.63, 3.8) is 0 Å². The van der Waals surface area contributed by atoms with E-state index < -0.39 is 0 Å². The summed E-state index contributed by atoms with van der Waals surface area (Å²) in [6.07, 6.45) is 1.67. The zero-order chi connectivity index (χ0) is 11.1. The number of aromatic nitrogens is 2. The van der Waals surface area contributed by atoms with Crippen LogP contribution in [0.5, 0.6) is 5.88 Å². The molecule has 1 heterocycles. The Labute approximate surface area is 95.0 Å². The second-order valence-corrected chi connectivity index (χ2v) is 3.60. The van der Waals surface area contributed by atoms with Crippen LogP contribution in [0, 0.1) is 5.92 Å². The van der Waals surface area contributed by atoms with Gasteiger partial charge in [-0.25, -0.2) is 4.98 Å². The maximum Gasteiger partial charge on any atom is 0.225 e. The molecule has 0 aliphatic carbocycles. The average Bonchev–Trinajstić information content (AvgIpc) is 2.27. The topological polar surface area (TPSA) is 47.0 Å². The highest BCUT2D eigenvalue weighted by Crippen LogP contribution is 2.08. The minimum absolute atomic E-state index is 0.394. The van der Waals surface area contributed by atoms with E-state index in [1.807, 2.05) is 6.92 Å². The van der Waals surface area contributed by atoms with Crippen LogP contribution in [0.4, 0.5) is 5.95 Å². The van der Waals surface area contributed by atoms with Gasteiger partial charge in [-0.1, -0.05) is 6.92 Å². The Kier molecular flexibility index (Phi) is 5.18. The molecular formula is C10H16ClN3O. The van der Waals surface area contributed by atoms with Gasteiger partial charge < -0.3 is 10.1 Å². The van der Waals surface area contributed by atoms with E-state index in [2.05, 4.69) is 22.2 Å². The second kappa shape index (κ2) is 6.45. The molecule has 0 spiro atoms. The Morgan fingerprint density at radius 1 is 1.60 bits per heavy atom. The first-order chi connectivity index (χ1) is 7.26. The second-order valence-electron chi connectivity index (χ2n) is 3.29. The molecule has 4 nitrogen and oxygen atoms in total. The molecule has 84 valence electrons. The molecule has 0 aliphatic rings. The summed E-state index contributed by atoms with van der Waals surface area (Å²) in [6, 6.07) is 1.74. The molecule has 0 aromatic carbocycles. The first-order valence-electron chi connectivity index (χ1n) is 5.02. The third-order valence-corrected chi connectivity index (χ3v) is 2.32. The van der Waals surface area contributed by atoms with E-state index in [0.717, 1.165) is 6.54 Å². The molecule has 15 heavy (non-hydrogen) atoms. The minimum Gasteiger partial charge on any atom is -0.478 e. The Morgan fingerprint density at radius 2 is 2.40 bits per heavy atom. The van der Waals surface area contributed by atoms with Crippen LogP contribution in [0.2, 0.25) is 0 Å². The van der Waals surface area contributed by atoms with Crippen LogP contribution in [0.1, 0.15) is 13.8 Å². The van der Waals surface area contributed by atoms with E-state index in [1.165, 1.54) is 0 Å². The monoisotopic (exact) mass is 229 g/mol. The lowest BCUT2D eigenvalue weighted by molar-refractivity contribution is 0.326. The van der Waals surface area contributed by atoms with Gasteiger partial charge in [0, 0.05) is 24.7 Å². The molecule has 0 radical (unpaired) electrons. The molecule has 1 rings (SSSR count). The lowest BCUT2D eigenvalue weighted by Gasteiger charge is -2.09. The van der Waals surface area contributed by atoms with Crippen molar-refractivity contribution in [1.29, 1.82) is 0 Å². The molecule has 0 bridgehead atoms. The smallest absolute Gasteiger partial charge is 0.225 e. The normalized spacial score (nSPS) is 12.2. The van der Waals surface area contributed by atoms with Gasteiger partial charge in [0.2, 0.25) is 11.8 Å². The molecule has 0 aliphatic heterocycles. The molecule has 5 heteroatoms. The molecule has 0 amide bonds. The van der Waals surface area contributed by atoms with Crippen molar-refractivity contribution >= 4 is 17.5 Å². The summed E-state index contributed by atoms with van der Waals surface area (Å²) in [5, 5.41) is 3.11. The average molecular weight is 230 g/mol. The van der Waals surface area contributed by atoms with E-state index >= 15 is 0 Å². The van der Waals surface area contributed by atoms with Gasteiger partial charge in [-0.05, 0) is 12.8 Å². The van der Waals surface area contributed by atoms with Crippen molar-refractivity contribution in [2.45, 2.75) is 13.8 Å². The van der Waals surface area contributed by atoms with Gasteiger partial charge in [0.1, 0.15) is 0 Å². The van der Waals surface area contributed by atoms with Gasteiger partial charge >= 0.3 is 0 Å². The van der Waals surface area contributed by atoms with Gasteiger partial charge in [-0.15, -0.1) is 11.6 Å². The maximum absolute atomic E-state index is 5.69. The Morgan fingerprint density at radius 3 is 3.07 bits per heavy atom. The third-order valence-electron chi connectivity index (χ3n) is 1.79. The van der Waals surface area contributed by atoms with Gasteiger partial charge in [0.25, 0.3) is 0 Å². The number of nitrogens with one attached hydrogen (secondary N) is 1. The van der Waals surface area contributed by atoms with E-state index in [1.54, 1.807) is 12.3 Å². The molecular weight excluding hydrogens is 214 g/mol. The molecule has 1 atom stereocenters. The fourth-order valence-corrected chi connectivity index (χ4v) is 1.08. The largest absolute Gasteiger partial charge is 0.478 e. The van der Waals surface area contributed by atoms with Gasteiger partial charge in [0.05, 0.1) is 6.61 Å². The van der Waals surface area contributed by atoms with E-state index in [-0.39, 0.29) is 0 Å². The number of alkyl halides is 1. The number of ether oxygens (including phenoxy) is 1. The summed E-state index contributed by atoms with van der Waals surface area (Å²) in [5.74, 6) is 2.19. The standard InChI is InChI=1S/C10H16ClN3O/c1-3-15-9-4-5-12-10(14-9)13-7-8(2)6-11/h4-5,8H,3,6-7H2,1-2H3,(H,12,13,14). The predicted octanol–water partition coefficient (Wildman–Crippen LogP) is 2.16. The number of halogens is 1. The Bertz CT molecular complexity index is 296. The van der Waals surface area contributed by atoms with Crippen molar-refractivity contribution in [1.82, 2.24) is 9.97 Å². The molecule has 0 saturated carbocycles. The number of anilines is 1. The summed E-state index contributed by atoms with van der Waals surface area (Å²) in [4.78, 5) is 8.26. The van der Waals surface area contributed by atoms with Gasteiger partial charge in [-0.3, -0.25) is 0 Å². The molecule has 1 N–H and O–H groups in total. The van der Waals surface area contributed by atoms with Crippen LogP contribution < -0.4 is 10.1 Å². The van der Waals surface area contributed by atoms with Crippen LogP contribution in [0.25, 0.3) is 0 Å². The molecule has 1 unspecified atom stereocenters. The minimum atomic E-state index is 0.394. The fourth-order valence-electron chi connectivity index (χ4n) is 0.976. The highest BCUT2D eigenvalue weighted by atomic mass is 35.5. The fraction of sp³-hybridized carbons (Fsp3) is 0.600. The molecule has 0 fully saturated rings. The number of nitrogens with zero attached hydrogens (tertiary/aromatic N) is 2. The van der Waals surface area contributed by atoms with E-state index in [4.69, 9.17) is 16.3 Å². The first-order valence-corrected chi connectivity index (χ1v) is 5.55. The summed E-state index contributed by atoms with van der Waals surface area (Å²) in [6.45, 7) is 5.35. The summed E-state index contributed by atoms with van der Waals surface area (Å²) < 4.78 is 5.26. The quantitative estimate of drug-likeness (QED) is 0.760. The lowest BCUT2D eigenvalue weighted by atomic mass is 10.2. The first kappa shape index (κ1) is 12.0. The van der Waals surface area contributed by atoms with Crippen molar-refractivity contribution in [3.05, 3.63) is 12.3 Å². The molecule has 0 saturated heterocycles. The van der Waals surface area contributed by atoms with Crippen molar-refractivity contribution in [3.8, 4) is 5.88 Å². The highest BCUT2D eigenvalue weighted by molar-refractivity contribution is 6.18. The zero-order valence-corrected chi connectivity index (χ0v) is 9.79. The van der Waals surface area contributed by atoms with Crippen molar-refractivity contribution in [2.24, 2.45) is 5.92 Å². The van der Waals surface area contributed by atoms with Gasteiger partial charge in [0.15, 0.2) is 0 Å². The van der Waals surface area contributed by atoms with Crippen LogP contribution in [0.3, 0.4) is 0 Å². The summed E-state index contributed by atoms with van der Waals surface area (Å²) in [5.41, 5.74) is 0. The van der Waals surface area contributed by atoms with Crippen LogP contribution in [-0.4, -0.2) is 29.0 Å². The summed E-state index contributed by atoms with van der Waals surface area (Å²) >= 11 is 5.69. The number of hydrogen-bond donors (Lipinski definition) is 1. The third kappa shape index (κ3) is 4.34. The number of rotatable bonds is 6. The van der Waals surface area contributed by atoms with Gasteiger partial charge in [-0.2, -0.15) is 4.98 Å². The van der Waals surface area contributed by atoms with Crippen LogP contribution >= 0.6 is 11.6 Å².